The molecule has 0 fully saturated rings. The molecule has 0 unspecified atom stereocenters. The third-order valence-corrected chi connectivity index (χ3v) is 5.33. The first-order valence-electron chi connectivity index (χ1n) is 10.00. The summed E-state index contributed by atoms with van der Waals surface area (Å²) in [4.78, 5) is 30.4. The molecule has 2 heterocycles. The van der Waals surface area contributed by atoms with Crippen molar-refractivity contribution in [2.45, 2.75) is 6.92 Å². The Balaban J connectivity index is 1.81. The molecule has 1 N–H and O–H groups in total. The molecule has 168 valence electrons. The molecule has 0 aliphatic rings. The Bertz CT molecular complexity index is 1540. The maximum atomic E-state index is 13.3. The fraction of sp³-hybridized carbons (Fsp3) is 0.0400. The summed E-state index contributed by atoms with van der Waals surface area (Å²) < 4.78 is 7.13. The number of nitriles is 1. The molecule has 1 amide bonds. The minimum absolute atomic E-state index is 0.0923. The third kappa shape index (κ3) is 4.94. The lowest BCUT2D eigenvalue weighted by molar-refractivity contribution is -0.112. The van der Waals surface area contributed by atoms with Crippen LogP contribution in [0.25, 0.3) is 11.7 Å². The van der Waals surface area contributed by atoms with Gasteiger partial charge in [-0.15, -0.1) is 0 Å². The third-order valence-electron chi connectivity index (χ3n) is 4.80. The number of hydrogen-bond acceptors (Lipinski definition) is 5. The monoisotopic (exact) mass is 490 g/mol. The van der Waals surface area contributed by atoms with Crippen molar-refractivity contribution in [3.8, 4) is 17.7 Å². The molecular formula is C25H16Cl2N4O3. The number of aromatic nitrogens is 2. The largest absolute Gasteiger partial charge is 0.437 e. The first-order chi connectivity index (χ1) is 16.4. The summed E-state index contributed by atoms with van der Waals surface area (Å²) in [6.07, 6.45) is 2.68. The number of aryl methyl sites for hydroxylation is 1. The Morgan fingerprint density at radius 2 is 1.91 bits per heavy atom. The molecule has 2 aromatic heterocycles. The van der Waals surface area contributed by atoms with E-state index in [0.717, 1.165) is 11.6 Å². The average molecular weight is 491 g/mol. The van der Waals surface area contributed by atoms with Crippen molar-refractivity contribution in [1.82, 2.24) is 9.38 Å². The zero-order valence-electron chi connectivity index (χ0n) is 17.8. The van der Waals surface area contributed by atoms with Gasteiger partial charge in [-0.05, 0) is 55.5 Å². The van der Waals surface area contributed by atoms with Gasteiger partial charge in [0.15, 0.2) is 0 Å². The maximum absolute atomic E-state index is 13.3. The summed E-state index contributed by atoms with van der Waals surface area (Å²) in [6.45, 7) is 1.92. The second-order valence-corrected chi connectivity index (χ2v) is 8.08. The van der Waals surface area contributed by atoms with E-state index >= 15 is 0 Å². The molecular weight excluding hydrogens is 475 g/mol. The smallest absolute Gasteiger partial charge is 0.269 e. The lowest BCUT2D eigenvalue weighted by Gasteiger charge is -2.11. The maximum Gasteiger partial charge on any atom is 0.269 e. The fourth-order valence-electron chi connectivity index (χ4n) is 3.07. The number of ether oxygens (including phenoxy) is 1. The van der Waals surface area contributed by atoms with Gasteiger partial charge < -0.3 is 10.1 Å². The van der Waals surface area contributed by atoms with Crippen LogP contribution in [0.4, 0.5) is 5.69 Å². The summed E-state index contributed by atoms with van der Waals surface area (Å²) in [6, 6.07) is 18.5. The van der Waals surface area contributed by atoms with Crippen LogP contribution in [-0.4, -0.2) is 15.3 Å². The van der Waals surface area contributed by atoms with Crippen LogP contribution in [0.5, 0.6) is 11.6 Å². The predicted molar refractivity (Wildman–Crippen MR) is 131 cm³/mol. The summed E-state index contributed by atoms with van der Waals surface area (Å²) in [5.41, 5.74) is 0.920. The van der Waals surface area contributed by atoms with Crippen LogP contribution in [0, 0.1) is 18.3 Å². The number of pyridine rings is 1. The van der Waals surface area contributed by atoms with Gasteiger partial charge in [0.05, 0.1) is 5.02 Å². The predicted octanol–water partition coefficient (Wildman–Crippen LogP) is 5.65. The number of rotatable bonds is 5. The van der Waals surface area contributed by atoms with Crippen LogP contribution < -0.4 is 15.6 Å². The highest BCUT2D eigenvalue weighted by molar-refractivity contribution is 6.35. The zero-order valence-corrected chi connectivity index (χ0v) is 19.3. The highest BCUT2D eigenvalue weighted by atomic mass is 35.5. The van der Waals surface area contributed by atoms with E-state index < -0.39 is 11.5 Å². The Hall–Kier alpha value is -4.12. The molecule has 0 aliphatic carbocycles. The first kappa shape index (κ1) is 23.1. The highest BCUT2D eigenvalue weighted by Crippen LogP contribution is 2.32. The van der Waals surface area contributed by atoms with E-state index in [1.807, 2.05) is 25.1 Å². The second-order valence-electron chi connectivity index (χ2n) is 7.23. The van der Waals surface area contributed by atoms with Crippen molar-refractivity contribution in [2.75, 3.05) is 5.32 Å². The summed E-state index contributed by atoms with van der Waals surface area (Å²) in [5, 5.41) is 12.9. The Labute approximate surface area is 204 Å². The topological polar surface area (TPSA) is 96.5 Å². The van der Waals surface area contributed by atoms with Gasteiger partial charge in [-0.25, -0.2) is 0 Å². The second kappa shape index (κ2) is 9.79. The molecule has 2 aromatic carbocycles. The van der Waals surface area contributed by atoms with E-state index in [0.29, 0.717) is 16.4 Å². The van der Waals surface area contributed by atoms with Gasteiger partial charge in [0.2, 0.25) is 5.88 Å². The minimum Gasteiger partial charge on any atom is -0.437 e. The summed E-state index contributed by atoms with van der Waals surface area (Å²) >= 11 is 12.2. The van der Waals surface area contributed by atoms with E-state index in [9.17, 15) is 14.9 Å². The van der Waals surface area contributed by atoms with Crippen LogP contribution in [-0.2, 0) is 4.79 Å². The number of hydrogen-bond donors (Lipinski definition) is 1. The van der Waals surface area contributed by atoms with Crippen molar-refractivity contribution in [1.29, 1.82) is 5.26 Å². The van der Waals surface area contributed by atoms with Gasteiger partial charge in [0.25, 0.3) is 11.5 Å². The normalized spacial score (nSPS) is 11.2. The molecule has 9 heteroatoms. The van der Waals surface area contributed by atoms with Crippen molar-refractivity contribution < 1.29 is 9.53 Å². The van der Waals surface area contributed by atoms with Crippen LogP contribution in [0.1, 0.15) is 11.1 Å². The molecule has 0 saturated carbocycles. The number of anilines is 1. The van der Waals surface area contributed by atoms with Gasteiger partial charge in [-0.2, -0.15) is 10.2 Å². The van der Waals surface area contributed by atoms with Crippen LogP contribution in [0.2, 0.25) is 10.0 Å². The van der Waals surface area contributed by atoms with Crippen molar-refractivity contribution in [2.24, 2.45) is 0 Å². The number of carbonyl (C=O) groups is 1. The Morgan fingerprint density at radius 3 is 2.62 bits per heavy atom. The number of nitrogens with zero attached hydrogens (tertiary/aromatic N) is 3. The van der Waals surface area contributed by atoms with Gasteiger partial charge in [-0.1, -0.05) is 47.0 Å². The number of fused-ring (bicyclic) bond motifs is 1. The highest BCUT2D eigenvalue weighted by Gasteiger charge is 2.18. The summed E-state index contributed by atoms with van der Waals surface area (Å²) in [5.74, 6) is -0.591. The fourth-order valence-corrected chi connectivity index (χ4v) is 3.52. The van der Waals surface area contributed by atoms with E-state index in [1.54, 1.807) is 36.4 Å². The van der Waals surface area contributed by atoms with E-state index in [2.05, 4.69) is 10.3 Å². The van der Waals surface area contributed by atoms with Crippen LogP contribution >= 0.6 is 23.2 Å². The van der Waals surface area contributed by atoms with Crippen molar-refractivity contribution >= 4 is 46.5 Å². The molecule has 7 nitrogen and oxygen atoms in total. The van der Waals surface area contributed by atoms with Crippen LogP contribution in [0.3, 0.4) is 0 Å². The minimum atomic E-state index is -0.681. The molecule has 0 radical (unpaired) electrons. The molecule has 0 saturated heterocycles. The van der Waals surface area contributed by atoms with Crippen molar-refractivity contribution in [3.63, 3.8) is 0 Å². The van der Waals surface area contributed by atoms with Gasteiger partial charge in [0.1, 0.15) is 28.6 Å². The lowest BCUT2D eigenvalue weighted by Crippen LogP contribution is -2.20. The van der Waals surface area contributed by atoms with E-state index in [4.69, 9.17) is 27.9 Å². The van der Waals surface area contributed by atoms with Gasteiger partial charge in [0, 0.05) is 16.9 Å². The Kier molecular flexibility index (Phi) is 6.64. The zero-order chi connectivity index (χ0) is 24.2. The van der Waals surface area contributed by atoms with E-state index in [1.165, 1.54) is 22.7 Å². The number of nitrogens with one attached hydrogen (secondary N) is 1. The average Bonchev–Trinajstić information content (AvgIpc) is 2.82. The van der Waals surface area contributed by atoms with Crippen molar-refractivity contribution in [3.05, 3.63) is 104 Å². The molecule has 4 aromatic rings. The van der Waals surface area contributed by atoms with Gasteiger partial charge >= 0.3 is 0 Å². The first-order valence-corrected chi connectivity index (χ1v) is 10.8. The number of amides is 1. The lowest BCUT2D eigenvalue weighted by atomic mass is 10.1. The molecule has 0 aliphatic heterocycles. The molecule has 0 atom stereocenters. The number of benzene rings is 2. The standard InChI is InChI=1S/C25H16Cl2N4O3/c1-15-5-8-18(9-6-15)29-23(32)16(14-28)12-19-24(34-21-10-7-17(26)13-20(21)27)30-22-4-2-3-11-31(22)25(19)33/h2-13H,1H3,(H,29,32)/b16-12+. The quantitative estimate of drug-likeness (QED) is 0.288. The summed E-state index contributed by atoms with van der Waals surface area (Å²) in [7, 11) is 0. The van der Waals surface area contributed by atoms with Gasteiger partial charge in [-0.3, -0.25) is 14.0 Å². The number of carbonyl (C=O) groups excluding carboxylic acids is 1. The number of halogens is 2. The molecule has 0 spiro atoms. The molecule has 0 bridgehead atoms. The molecule has 4 rings (SSSR count). The Morgan fingerprint density at radius 1 is 1.15 bits per heavy atom. The SMILES string of the molecule is Cc1ccc(NC(=O)/C(C#N)=C/c2c(Oc3ccc(Cl)cc3Cl)nc3ccccn3c2=O)cc1. The molecule has 34 heavy (non-hydrogen) atoms. The van der Waals surface area contributed by atoms with Crippen LogP contribution in [0.15, 0.2) is 77.2 Å². The van der Waals surface area contributed by atoms with E-state index in [-0.39, 0.29) is 27.8 Å².